The van der Waals surface area contributed by atoms with Crippen LogP contribution in [0.15, 0.2) is 18.2 Å². The number of fused-ring (bicyclic) bond motifs is 1. The Balaban J connectivity index is 2.21. The van der Waals surface area contributed by atoms with Crippen molar-refractivity contribution in [2.45, 2.75) is 58.9 Å². The molecule has 1 N–H and O–H groups in total. The first kappa shape index (κ1) is 13.6. The lowest BCUT2D eigenvalue weighted by Gasteiger charge is -2.29. The van der Waals surface area contributed by atoms with Crippen LogP contribution < -0.4 is 5.32 Å². The van der Waals surface area contributed by atoms with Crippen molar-refractivity contribution in [3.63, 3.8) is 0 Å². The van der Waals surface area contributed by atoms with Crippen LogP contribution in [-0.4, -0.2) is 12.6 Å². The van der Waals surface area contributed by atoms with Gasteiger partial charge in [-0.25, -0.2) is 0 Å². The second kappa shape index (κ2) is 5.88. The lowest BCUT2D eigenvalue weighted by Crippen LogP contribution is -2.39. The SMILES string of the molecule is CCCNC(C(C)C)C1CCc2ccc(C)cc21. The standard InChI is InChI=1S/C17H27N/c1-5-10-18-17(12(2)3)15-9-8-14-7-6-13(4)11-16(14)15/h6-7,11-12,15,17-18H,5,8-10H2,1-4H3. The Morgan fingerprint density at radius 1 is 1.33 bits per heavy atom. The van der Waals surface area contributed by atoms with Gasteiger partial charge >= 0.3 is 0 Å². The highest BCUT2D eigenvalue weighted by Crippen LogP contribution is 2.38. The van der Waals surface area contributed by atoms with E-state index in [2.05, 4.69) is 51.2 Å². The molecule has 0 heterocycles. The Labute approximate surface area is 112 Å². The fraction of sp³-hybridized carbons (Fsp3) is 0.647. The maximum atomic E-state index is 3.77. The second-order valence-corrected chi connectivity index (χ2v) is 6.07. The quantitative estimate of drug-likeness (QED) is 0.825. The lowest BCUT2D eigenvalue weighted by atomic mass is 9.85. The summed E-state index contributed by atoms with van der Waals surface area (Å²) in [4.78, 5) is 0. The van der Waals surface area contributed by atoms with Gasteiger partial charge in [0, 0.05) is 12.0 Å². The van der Waals surface area contributed by atoms with Crippen molar-refractivity contribution in [1.82, 2.24) is 5.32 Å². The van der Waals surface area contributed by atoms with Crippen LogP contribution in [0, 0.1) is 12.8 Å². The molecule has 18 heavy (non-hydrogen) atoms. The van der Waals surface area contributed by atoms with E-state index in [1.54, 1.807) is 11.1 Å². The molecule has 0 aliphatic heterocycles. The summed E-state index contributed by atoms with van der Waals surface area (Å²) in [6.45, 7) is 10.3. The molecule has 2 unspecified atom stereocenters. The number of hydrogen-bond acceptors (Lipinski definition) is 1. The van der Waals surface area contributed by atoms with Crippen molar-refractivity contribution in [1.29, 1.82) is 0 Å². The minimum Gasteiger partial charge on any atom is -0.313 e. The molecular formula is C17H27N. The van der Waals surface area contributed by atoms with E-state index in [0.29, 0.717) is 17.9 Å². The molecule has 0 radical (unpaired) electrons. The molecule has 0 saturated heterocycles. The fourth-order valence-corrected chi connectivity index (χ4v) is 3.28. The Bertz CT molecular complexity index is 395. The third-order valence-corrected chi connectivity index (χ3v) is 4.21. The summed E-state index contributed by atoms with van der Waals surface area (Å²) in [7, 11) is 0. The Hall–Kier alpha value is -0.820. The Morgan fingerprint density at radius 3 is 2.78 bits per heavy atom. The third kappa shape index (κ3) is 2.77. The van der Waals surface area contributed by atoms with Crippen LogP contribution in [-0.2, 0) is 6.42 Å². The molecule has 0 bridgehead atoms. The van der Waals surface area contributed by atoms with Gasteiger partial charge in [0.25, 0.3) is 0 Å². The van der Waals surface area contributed by atoms with E-state index in [0.717, 1.165) is 6.54 Å². The second-order valence-electron chi connectivity index (χ2n) is 6.07. The van der Waals surface area contributed by atoms with Crippen LogP contribution in [0.4, 0.5) is 0 Å². The zero-order valence-corrected chi connectivity index (χ0v) is 12.3. The van der Waals surface area contributed by atoms with E-state index in [9.17, 15) is 0 Å². The van der Waals surface area contributed by atoms with Gasteiger partial charge in [-0.05, 0) is 49.8 Å². The molecule has 1 nitrogen and oxygen atoms in total. The molecule has 0 saturated carbocycles. The molecule has 2 atom stereocenters. The molecule has 1 aromatic carbocycles. The van der Waals surface area contributed by atoms with Gasteiger partial charge < -0.3 is 5.32 Å². The minimum absolute atomic E-state index is 0.632. The first-order valence-electron chi connectivity index (χ1n) is 7.46. The van der Waals surface area contributed by atoms with Gasteiger partial charge in [0.15, 0.2) is 0 Å². The Kier molecular flexibility index (Phi) is 4.45. The fourth-order valence-electron chi connectivity index (χ4n) is 3.28. The van der Waals surface area contributed by atoms with E-state index >= 15 is 0 Å². The number of aryl methyl sites for hydroxylation is 2. The smallest absolute Gasteiger partial charge is 0.0159 e. The summed E-state index contributed by atoms with van der Waals surface area (Å²) in [5, 5.41) is 3.77. The van der Waals surface area contributed by atoms with E-state index in [-0.39, 0.29) is 0 Å². The van der Waals surface area contributed by atoms with Gasteiger partial charge in [0.05, 0.1) is 0 Å². The van der Waals surface area contributed by atoms with Crippen LogP contribution in [0.5, 0.6) is 0 Å². The number of nitrogens with one attached hydrogen (secondary N) is 1. The van der Waals surface area contributed by atoms with E-state index in [1.165, 1.54) is 24.8 Å². The highest BCUT2D eigenvalue weighted by Gasteiger charge is 2.31. The average Bonchev–Trinajstić information content (AvgIpc) is 2.72. The molecule has 100 valence electrons. The first-order valence-corrected chi connectivity index (χ1v) is 7.46. The van der Waals surface area contributed by atoms with Gasteiger partial charge in [0.2, 0.25) is 0 Å². The Morgan fingerprint density at radius 2 is 2.11 bits per heavy atom. The van der Waals surface area contributed by atoms with Crippen molar-refractivity contribution < 1.29 is 0 Å². The summed E-state index contributed by atoms with van der Waals surface area (Å²) in [6, 6.07) is 7.64. The summed E-state index contributed by atoms with van der Waals surface area (Å²) >= 11 is 0. The third-order valence-electron chi connectivity index (χ3n) is 4.21. The topological polar surface area (TPSA) is 12.0 Å². The maximum Gasteiger partial charge on any atom is 0.0159 e. The zero-order valence-electron chi connectivity index (χ0n) is 12.3. The van der Waals surface area contributed by atoms with Crippen LogP contribution in [0.3, 0.4) is 0 Å². The van der Waals surface area contributed by atoms with E-state index < -0.39 is 0 Å². The summed E-state index contributed by atoms with van der Waals surface area (Å²) in [5.41, 5.74) is 4.59. The molecule has 1 aromatic rings. The molecule has 1 aliphatic rings. The molecular weight excluding hydrogens is 218 g/mol. The highest BCUT2D eigenvalue weighted by molar-refractivity contribution is 5.39. The summed E-state index contributed by atoms with van der Waals surface area (Å²) < 4.78 is 0. The molecule has 1 heteroatoms. The molecule has 2 rings (SSSR count). The van der Waals surface area contributed by atoms with Gasteiger partial charge in [0.1, 0.15) is 0 Å². The highest BCUT2D eigenvalue weighted by atomic mass is 14.9. The van der Waals surface area contributed by atoms with Crippen LogP contribution in [0.25, 0.3) is 0 Å². The van der Waals surface area contributed by atoms with E-state index in [4.69, 9.17) is 0 Å². The van der Waals surface area contributed by atoms with Gasteiger partial charge in [-0.15, -0.1) is 0 Å². The maximum absolute atomic E-state index is 3.77. The van der Waals surface area contributed by atoms with Crippen molar-refractivity contribution in [2.24, 2.45) is 5.92 Å². The van der Waals surface area contributed by atoms with Gasteiger partial charge in [-0.2, -0.15) is 0 Å². The molecule has 0 fully saturated rings. The zero-order chi connectivity index (χ0) is 13.1. The normalized spacial score (nSPS) is 20.2. The van der Waals surface area contributed by atoms with Gasteiger partial charge in [-0.1, -0.05) is 44.5 Å². The molecule has 0 aromatic heterocycles. The largest absolute Gasteiger partial charge is 0.313 e. The predicted octanol–water partition coefficient (Wildman–Crippen LogP) is 4.05. The van der Waals surface area contributed by atoms with Crippen LogP contribution in [0.1, 0.15) is 56.2 Å². The van der Waals surface area contributed by atoms with Crippen molar-refractivity contribution >= 4 is 0 Å². The minimum atomic E-state index is 0.632. The number of hydrogen-bond donors (Lipinski definition) is 1. The van der Waals surface area contributed by atoms with E-state index in [1.807, 2.05) is 0 Å². The number of rotatable bonds is 5. The van der Waals surface area contributed by atoms with Crippen molar-refractivity contribution in [3.8, 4) is 0 Å². The number of benzene rings is 1. The summed E-state index contributed by atoms with van der Waals surface area (Å²) in [6.07, 6.45) is 3.80. The van der Waals surface area contributed by atoms with Crippen molar-refractivity contribution in [3.05, 3.63) is 34.9 Å². The molecule has 1 aliphatic carbocycles. The molecule has 0 amide bonds. The van der Waals surface area contributed by atoms with Crippen LogP contribution in [0.2, 0.25) is 0 Å². The summed E-state index contributed by atoms with van der Waals surface area (Å²) in [5.74, 6) is 1.42. The average molecular weight is 245 g/mol. The molecule has 0 spiro atoms. The monoisotopic (exact) mass is 245 g/mol. The predicted molar refractivity (Wildman–Crippen MR) is 79.2 cm³/mol. The van der Waals surface area contributed by atoms with Crippen LogP contribution >= 0.6 is 0 Å². The van der Waals surface area contributed by atoms with Gasteiger partial charge in [-0.3, -0.25) is 0 Å². The van der Waals surface area contributed by atoms with Crippen molar-refractivity contribution in [2.75, 3.05) is 6.54 Å². The lowest BCUT2D eigenvalue weighted by molar-refractivity contribution is 0.340. The first-order chi connectivity index (χ1) is 8.63.